The average molecular weight is 337 g/mol. The van der Waals surface area contributed by atoms with Crippen molar-refractivity contribution in [1.82, 2.24) is 9.88 Å². The van der Waals surface area contributed by atoms with E-state index in [-0.39, 0.29) is 23.8 Å². The highest BCUT2D eigenvalue weighted by atomic mass is 16.2. The van der Waals surface area contributed by atoms with Crippen molar-refractivity contribution >= 4 is 22.7 Å². The molecule has 2 aliphatic rings. The van der Waals surface area contributed by atoms with Crippen LogP contribution in [-0.2, 0) is 4.79 Å². The van der Waals surface area contributed by atoms with Gasteiger partial charge in [0.1, 0.15) is 0 Å². The number of rotatable bonds is 3. The summed E-state index contributed by atoms with van der Waals surface area (Å²) in [5, 5.41) is 0.880. The smallest absolute Gasteiger partial charge is 0.254 e. The van der Waals surface area contributed by atoms with Gasteiger partial charge < -0.3 is 10.6 Å². The minimum atomic E-state index is -0.317. The third-order valence-corrected chi connectivity index (χ3v) is 5.51. The van der Waals surface area contributed by atoms with Gasteiger partial charge in [-0.3, -0.25) is 14.6 Å². The second kappa shape index (κ2) is 6.14. The zero-order valence-corrected chi connectivity index (χ0v) is 14.4. The van der Waals surface area contributed by atoms with Gasteiger partial charge in [0.25, 0.3) is 5.91 Å². The number of hydrogen-bond acceptors (Lipinski definition) is 3. The first-order valence-corrected chi connectivity index (χ1v) is 9.04. The third kappa shape index (κ3) is 2.99. The molecule has 2 amide bonds. The van der Waals surface area contributed by atoms with Gasteiger partial charge in [0, 0.05) is 29.6 Å². The van der Waals surface area contributed by atoms with Crippen LogP contribution in [0.15, 0.2) is 30.3 Å². The SMILES string of the molecule is C[C@@H]1CC[C@@H](C(N)=O)CN1C(=O)c1cc(C2CC2)nc2ccccc12. The summed E-state index contributed by atoms with van der Waals surface area (Å²) in [6.07, 6.45) is 3.84. The summed E-state index contributed by atoms with van der Waals surface area (Å²) in [5.74, 6) is -0.105. The van der Waals surface area contributed by atoms with Crippen LogP contribution in [0.1, 0.15) is 54.6 Å². The number of hydrogen-bond donors (Lipinski definition) is 1. The second-order valence-electron chi connectivity index (χ2n) is 7.37. The standard InChI is InChI=1S/C20H23N3O2/c1-12-6-7-14(19(21)24)11-23(12)20(25)16-10-18(13-8-9-13)22-17-5-3-2-4-15(16)17/h2-5,10,12-14H,6-9,11H2,1H3,(H2,21,24)/t12-,14-/m1/s1. The molecule has 4 rings (SSSR count). The molecule has 2 heterocycles. The number of piperidine rings is 1. The van der Waals surface area contributed by atoms with Crippen molar-refractivity contribution in [3.8, 4) is 0 Å². The molecule has 1 aromatic carbocycles. The largest absolute Gasteiger partial charge is 0.369 e. The molecule has 1 saturated carbocycles. The minimum Gasteiger partial charge on any atom is -0.369 e. The molecule has 130 valence electrons. The van der Waals surface area contributed by atoms with Crippen LogP contribution in [0.25, 0.3) is 10.9 Å². The first-order chi connectivity index (χ1) is 12.0. The summed E-state index contributed by atoms with van der Waals surface area (Å²) in [4.78, 5) is 31.5. The number of aromatic nitrogens is 1. The van der Waals surface area contributed by atoms with Gasteiger partial charge in [-0.05, 0) is 44.7 Å². The molecule has 1 aromatic heterocycles. The fraction of sp³-hybridized carbons (Fsp3) is 0.450. The van der Waals surface area contributed by atoms with E-state index in [1.54, 1.807) is 0 Å². The van der Waals surface area contributed by atoms with Crippen LogP contribution >= 0.6 is 0 Å². The van der Waals surface area contributed by atoms with Crippen LogP contribution in [-0.4, -0.2) is 34.3 Å². The Bertz CT molecular complexity index is 844. The van der Waals surface area contributed by atoms with Crippen molar-refractivity contribution in [1.29, 1.82) is 0 Å². The maximum atomic E-state index is 13.3. The summed E-state index contributed by atoms with van der Waals surface area (Å²) in [5.41, 5.74) is 8.07. The molecule has 0 spiro atoms. The van der Waals surface area contributed by atoms with E-state index >= 15 is 0 Å². The predicted octanol–water partition coefficient (Wildman–Crippen LogP) is 2.84. The quantitative estimate of drug-likeness (QED) is 0.935. The van der Waals surface area contributed by atoms with Gasteiger partial charge >= 0.3 is 0 Å². The first-order valence-electron chi connectivity index (χ1n) is 9.04. The third-order valence-electron chi connectivity index (χ3n) is 5.51. The zero-order valence-electron chi connectivity index (χ0n) is 14.4. The summed E-state index contributed by atoms with van der Waals surface area (Å²) in [7, 11) is 0. The zero-order chi connectivity index (χ0) is 17.6. The van der Waals surface area contributed by atoms with Crippen molar-refractivity contribution in [2.45, 2.75) is 44.6 Å². The van der Waals surface area contributed by atoms with Crippen molar-refractivity contribution in [3.63, 3.8) is 0 Å². The molecule has 2 fully saturated rings. The van der Waals surface area contributed by atoms with E-state index in [1.807, 2.05) is 42.2 Å². The molecule has 0 unspecified atom stereocenters. The van der Waals surface area contributed by atoms with Gasteiger partial charge in [0.15, 0.2) is 0 Å². The molecule has 2 aromatic rings. The number of benzene rings is 1. The lowest BCUT2D eigenvalue weighted by Gasteiger charge is -2.37. The Balaban J connectivity index is 1.74. The van der Waals surface area contributed by atoms with E-state index < -0.39 is 0 Å². The van der Waals surface area contributed by atoms with Crippen LogP contribution in [0.2, 0.25) is 0 Å². The van der Waals surface area contributed by atoms with E-state index in [4.69, 9.17) is 10.7 Å². The molecular weight excluding hydrogens is 314 g/mol. The molecule has 0 radical (unpaired) electrons. The van der Waals surface area contributed by atoms with Crippen molar-refractivity contribution < 1.29 is 9.59 Å². The fourth-order valence-electron chi connectivity index (χ4n) is 3.74. The van der Waals surface area contributed by atoms with E-state index in [0.29, 0.717) is 18.0 Å². The predicted molar refractivity (Wildman–Crippen MR) is 96.1 cm³/mol. The van der Waals surface area contributed by atoms with Crippen LogP contribution < -0.4 is 5.73 Å². The van der Waals surface area contributed by atoms with Gasteiger partial charge in [-0.1, -0.05) is 18.2 Å². The number of fused-ring (bicyclic) bond motifs is 1. The Labute approximate surface area is 147 Å². The lowest BCUT2D eigenvalue weighted by molar-refractivity contribution is -0.123. The summed E-state index contributed by atoms with van der Waals surface area (Å²) in [6.45, 7) is 2.45. The maximum absolute atomic E-state index is 13.3. The van der Waals surface area contributed by atoms with E-state index in [2.05, 4.69) is 0 Å². The first kappa shape index (κ1) is 16.1. The van der Waals surface area contributed by atoms with Crippen LogP contribution in [0.3, 0.4) is 0 Å². The molecule has 2 atom stereocenters. The van der Waals surface area contributed by atoms with Gasteiger partial charge in [-0.25, -0.2) is 0 Å². The number of likely N-dealkylation sites (tertiary alicyclic amines) is 1. The highest BCUT2D eigenvalue weighted by molar-refractivity contribution is 6.06. The van der Waals surface area contributed by atoms with Crippen molar-refractivity contribution in [2.24, 2.45) is 11.7 Å². The van der Waals surface area contributed by atoms with Crippen molar-refractivity contribution in [2.75, 3.05) is 6.54 Å². The highest BCUT2D eigenvalue weighted by Crippen LogP contribution is 2.40. The Morgan fingerprint density at radius 3 is 2.64 bits per heavy atom. The summed E-state index contributed by atoms with van der Waals surface area (Å²) in [6, 6.07) is 9.87. The number of carbonyl (C=O) groups is 2. The topological polar surface area (TPSA) is 76.3 Å². The number of nitrogens with zero attached hydrogens (tertiary/aromatic N) is 2. The van der Waals surface area contributed by atoms with Crippen molar-refractivity contribution in [3.05, 3.63) is 41.6 Å². The number of amides is 2. The minimum absolute atomic E-state index is 0.0149. The second-order valence-corrected chi connectivity index (χ2v) is 7.37. The van der Waals surface area contributed by atoms with Gasteiger partial charge in [-0.15, -0.1) is 0 Å². The molecule has 5 heteroatoms. The molecule has 1 saturated heterocycles. The Hall–Kier alpha value is -2.43. The van der Waals surface area contributed by atoms with Crippen LogP contribution in [0.4, 0.5) is 0 Å². The maximum Gasteiger partial charge on any atom is 0.254 e. The fourth-order valence-corrected chi connectivity index (χ4v) is 3.74. The molecule has 1 aliphatic heterocycles. The lowest BCUT2D eigenvalue weighted by Crippen LogP contribution is -2.48. The summed E-state index contributed by atoms with van der Waals surface area (Å²) >= 11 is 0. The Kier molecular flexibility index (Phi) is 3.94. The Morgan fingerprint density at radius 2 is 1.92 bits per heavy atom. The normalized spacial score (nSPS) is 23.6. The van der Waals surface area contributed by atoms with Gasteiger partial charge in [0.05, 0.1) is 17.0 Å². The number of carbonyl (C=O) groups excluding carboxylic acids is 2. The molecular formula is C20H23N3O2. The van der Waals surface area contributed by atoms with Crippen LogP contribution in [0.5, 0.6) is 0 Å². The lowest BCUT2D eigenvalue weighted by atomic mass is 9.92. The van der Waals surface area contributed by atoms with Gasteiger partial charge in [-0.2, -0.15) is 0 Å². The molecule has 25 heavy (non-hydrogen) atoms. The number of para-hydroxylation sites is 1. The van der Waals surface area contributed by atoms with E-state index in [0.717, 1.165) is 42.3 Å². The number of primary amides is 1. The Morgan fingerprint density at radius 1 is 1.16 bits per heavy atom. The number of nitrogens with two attached hydrogens (primary N) is 1. The molecule has 1 aliphatic carbocycles. The van der Waals surface area contributed by atoms with E-state index in [9.17, 15) is 9.59 Å². The monoisotopic (exact) mass is 337 g/mol. The highest BCUT2D eigenvalue weighted by Gasteiger charge is 2.34. The van der Waals surface area contributed by atoms with Crippen LogP contribution in [0, 0.1) is 5.92 Å². The number of pyridine rings is 1. The molecule has 5 nitrogen and oxygen atoms in total. The van der Waals surface area contributed by atoms with Gasteiger partial charge in [0.2, 0.25) is 5.91 Å². The molecule has 2 N–H and O–H groups in total. The molecule has 0 bridgehead atoms. The van der Waals surface area contributed by atoms with E-state index in [1.165, 1.54) is 0 Å². The average Bonchev–Trinajstić information content (AvgIpc) is 3.45. The summed E-state index contributed by atoms with van der Waals surface area (Å²) < 4.78 is 0.